The average molecular weight is 740 g/mol. The van der Waals surface area contributed by atoms with Crippen LogP contribution in [0.15, 0.2) is 59.5 Å². The molecule has 1 aliphatic heterocycles. The SMILES string of the molecule is Cc1cc(COc2ccc(S(=O)(=O)C[C@@H]3CCN(C(C)C)C[C@@H]3C(=O)NO)cc2)c2ccccc2n1.O=C(O)C(F)(F)F.O=C(O)C(F)(F)F. The Hall–Kier alpha value is -4.49. The second-order valence-electron chi connectivity index (χ2n) is 11.3. The van der Waals surface area contributed by atoms with Crippen molar-refractivity contribution in [2.45, 2.75) is 57.1 Å². The van der Waals surface area contributed by atoms with E-state index in [1.54, 1.807) is 29.7 Å². The molecule has 0 saturated carbocycles. The molecule has 0 aliphatic carbocycles. The van der Waals surface area contributed by atoms with Crippen molar-refractivity contribution in [3.63, 3.8) is 0 Å². The fourth-order valence-electron chi connectivity index (χ4n) is 4.87. The van der Waals surface area contributed by atoms with E-state index in [4.69, 9.17) is 24.5 Å². The fourth-order valence-corrected chi connectivity index (χ4v) is 6.58. The number of hydroxylamine groups is 1. The van der Waals surface area contributed by atoms with Crippen LogP contribution in [0.25, 0.3) is 10.9 Å². The largest absolute Gasteiger partial charge is 0.490 e. The Morgan fingerprint density at radius 3 is 2.02 bits per heavy atom. The average Bonchev–Trinajstić information content (AvgIpc) is 3.03. The van der Waals surface area contributed by atoms with Gasteiger partial charge in [0.2, 0.25) is 5.91 Å². The van der Waals surface area contributed by atoms with E-state index in [1.165, 1.54) is 0 Å². The first-order valence-electron chi connectivity index (χ1n) is 14.7. The van der Waals surface area contributed by atoms with Crippen LogP contribution in [0.3, 0.4) is 0 Å². The van der Waals surface area contributed by atoms with E-state index in [1.807, 2.05) is 51.1 Å². The molecule has 1 fully saturated rings. The van der Waals surface area contributed by atoms with Crippen molar-refractivity contribution in [3.05, 3.63) is 65.9 Å². The summed E-state index contributed by atoms with van der Waals surface area (Å²) in [7, 11) is -3.63. The first-order chi connectivity index (χ1) is 23.1. The van der Waals surface area contributed by atoms with Crippen molar-refractivity contribution < 1.29 is 69.3 Å². The highest BCUT2D eigenvalue weighted by Crippen LogP contribution is 2.30. The van der Waals surface area contributed by atoms with Crippen molar-refractivity contribution in [2.75, 3.05) is 18.8 Å². The zero-order valence-electron chi connectivity index (χ0n) is 26.8. The van der Waals surface area contributed by atoms with Gasteiger partial charge in [0.25, 0.3) is 0 Å². The molecule has 1 aliphatic rings. The molecule has 2 aromatic carbocycles. The number of hydrogen-bond donors (Lipinski definition) is 4. The van der Waals surface area contributed by atoms with Crippen LogP contribution in [0.1, 0.15) is 31.5 Å². The van der Waals surface area contributed by atoms with Crippen molar-refractivity contribution in [1.82, 2.24) is 15.4 Å². The molecule has 1 aromatic heterocycles. The lowest BCUT2D eigenvalue weighted by Gasteiger charge is -2.39. The molecular weight excluding hydrogens is 704 g/mol. The molecule has 2 atom stereocenters. The number of pyridine rings is 1. The first-order valence-corrected chi connectivity index (χ1v) is 16.3. The van der Waals surface area contributed by atoms with Gasteiger partial charge in [0.05, 0.1) is 22.1 Å². The lowest BCUT2D eigenvalue weighted by molar-refractivity contribution is -0.193. The number of piperidine rings is 1. The maximum absolute atomic E-state index is 13.2. The number of nitrogens with one attached hydrogen (secondary N) is 1. The molecule has 4 rings (SSSR count). The standard InChI is InChI=1S/C27H33N3O5S.2C2HF3O2/c1-18(2)30-13-12-20(25(15-30)27(31)29-32)17-36(33,34)23-10-8-22(9-11-23)35-16-21-14-19(3)28-26-7-5-4-6-24(21)26;2*3-2(4,5)1(6)7/h4-11,14,18,20,25,32H,12-13,15-17H2,1-3H3,(H,29,31);2*(H,6,7)/t20-,25-;;/m0../s1. The number of carbonyl (C=O) groups excluding carboxylic acids is 1. The number of carboxylic acid groups (broad SMARTS) is 2. The van der Waals surface area contributed by atoms with Crippen LogP contribution in [-0.2, 0) is 30.8 Å². The minimum Gasteiger partial charge on any atom is -0.489 e. The number of carbonyl (C=O) groups is 3. The molecule has 3 aromatic rings. The van der Waals surface area contributed by atoms with E-state index in [2.05, 4.69) is 9.88 Å². The first kappa shape index (κ1) is 41.7. The number of rotatable bonds is 8. The predicted molar refractivity (Wildman–Crippen MR) is 165 cm³/mol. The number of halogens is 6. The van der Waals surface area contributed by atoms with E-state index in [0.29, 0.717) is 31.9 Å². The summed E-state index contributed by atoms with van der Waals surface area (Å²) in [6.45, 7) is 7.47. The number of amides is 1. The smallest absolute Gasteiger partial charge is 0.489 e. The third-order valence-electron chi connectivity index (χ3n) is 7.39. The van der Waals surface area contributed by atoms with Crippen LogP contribution < -0.4 is 10.2 Å². The number of ether oxygens (including phenoxy) is 1. The van der Waals surface area contributed by atoms with E-state index < -0.39 is 46.0 Å². The number of alkyl halides is 6. The fraction of sp³-hybridized carbons (Fsp3) is 0.419. The van der Waals surface area contributed by atoms with Crippen LogP contribution in [0.4, 0.5) is 26.3 Å². The van der Waals surface area contributed by atoms with Gasteiger partial charge in [0, 0.05) is 29.2 Å². The van der Waals surface area contributed by atoms with Gasteiger partial charge in [-0.3, -0.25) is 15.0 Å². The zero-order chi connectivity index (χ0) is 38.0. The summed E-state index contributed by atoms with van der Waals surface area (Å²) in [6, 6.07) is 16.5. The Bertz CT molecular complexity index is 1710. The summed E-state index contributed by atoms with van der Waals surface area (Å²) in [5.41, 5.74) is 4.54. The highest BCUT2D eigenvalue weighted by Gasteiger charge is 2.39. The van der Waals surface area contributed by atoms with Gasteiger partial charge in [0.15, 0.2) is 9.84 Å². The minimum atomic E-state index is -5.08. The molecule has 12 nitrogen and oxygen atoms in total. The van der Waals surface area contributed by atoms with Gasteiger partial charge in [-0.2, -0.15) is 26.3 Å². The topological polar surface area (TPSA) is 183 Å². The third-order valence-corrected chi connectivity index (χ3v) is 9.25. The maximum Gasteiger partial charge on any atom is 0.490 e. The number of fused-ring (bicyclic) bond motifs is 1. The molecule has 1 amide bonds. The number of sulfone groups is 1. The number of benzene rings is 2. The van der Waals surface area contributed by atoms with Crippen LogP contribution in [0.5, 0.6) is 5.75 Å². The van der Waals surface area contributed by atoms with Gasteiger partial charge in [0.1, 0.15) is 12.4 Å². The molecule has 2 heterocycles. The summed E-state index contributed by atoms with van der Waals surface area (Å²) >= 11 is 0. The summed E-state index contributed by atoms with van der Waals surface area (Å²) in [6.07, 6.45) is -9.60. The van der Waals surface area contributed by atoms with Gasteiger partial charge in [-0.15, -0.1) is 0 Å². The number of likely N-dealkylation sites (tertiary alicyclic amines) is 1. The van der Waals surface area contributed by atoms with Gasteiger partial charge < -0.3 is 19.8 Å². The van der Waals surface area contributed by atoms with Crippen molar-refractivity contribution in [3.8, 4) is 5.75 Å². The van der Waals surface area contributed by atoms with Crippen molar-refractivity contribution in [1.29, 1.82) is 0 Å². The number of aromatic nitrogens is 1. The molecule has 19 heteroatoms. The van der Waals surface area contributed by atoms with Gasteiger partial charge in [-0.1, -0.05) is 18.2 Å². The third kappa shape index (κ3) is 12.4. The number of hydrogen-bond acceptors (Lipinski definition) is 9. The Balaban J connectivity index is 0.000000521. The lowest BCUT2D eigenvalue weighted by Crippen LogP contribution is -2.50. The summed E-state index contributed by atoms with van der Waals surface area (Å²) in [4.78, 5) is 37.0. The van der Waals surface area contributed by atoms with Crippen LogP contribution in [0, 0.1) is 18.8 Å². The van der Waals surface area contributed by atoms with E-state index >= 15 is 0 Å². The number of nitrogens with zero attached hydrogens (tertiary/aromatic N) is 2. The Morgan fingerprint density at radius 2 is 1.52 bits per heavy atom. The van der Waals surface area contributed by atoms with Crippen molar-refractivity contribution >= 4 is 38.6 Å². The van der Waals surface area contributed by atoms with E-state index in [9.17, 15) is 44.8 Å². The van der Waals surface area contributed by atoms with Crippen LogP contribution >= 0.6 is 0 Å². The minimum absolute atomic E-state index is 0.153. The highest BCUT2D eigenvalue weighted by molar-refractivity contribution is 7.91. The highest BCUT2D eigenvalue weighted by atomic mass is 32.2. The quantitative estimate of drug-likeness (QED) is 0.138. The number of carboxylic acids is 2. The number of aliphatic carboxylic acids is 2. The normalized spacial score (nSPS) is 16.8. The second kappa shape index (κ2) is 17.4. The summed E-state index contributed by atoms with van der Waals surface area (Å²) in [5.74, 6) is -6.61. The molecule has 1 saturated heterocycles. The Kier molecular flexibility index (Phi) is 14.5. The second-order valence-corrected chi connectivity index (χ2v) is 13.3. The van der Waals surface area contributed by atoms with E-state index in [0.717, 1.165) is 22.2 Å². The summed E-state index contributed by atoms with van der Waals surface area (Å²) in [5, 5.41) is 24.5. The molecule has 50 heavy (non-hydrogen) atoms. The van der Waals surface area contributed by atoms with Crippen LogP contribution in [0.2, 0.25) is 0 Å². The number of para-hydroxylation sites is 1. The molecule has 0 radical (unpaired) electrons. The lowest BCUT2D eigenvalue weighted by atomic mass is 9.86. The summed E-state index contributed by atoms with van der Waals surface area (Å²) < 4.78 is 95.8. The molecule has 276 valence electrons. The van der Waals surface area contributed by atoms with Gasteiger partial charge >= 0.3 is 24.3 Å². The monoisotopic (exact) mass is 739 g/mol. The molecular formula is C31H35F6N3O9S. The van der Waals surface area contributed by atoms with Crippen molar-refractivity contribution in [2.24, 2.45) is 11.8 Å². The van der Waals surface area contributed by atoms with E-state index in [-0.39, 0.29) is 22.6 Å². The molecule has 0 bridgehead atoms. The van der Waals surface area contributed by atoms with Gasteiger partial charge in [-0.05, 0) is 76.1 Å². The number of aryl methyl sites for hydroxylation is 1. The maximum atomic E-state index is 13.2. The Labute approximate surface area is 282 Å². The zero-order valence-corrected chi connectivity index (χ0v) is 27.6. The van der Waals surface area contributed by atoms with Crippen LogP contribution in [-0.4, -0.2) is 88.8 Å². The predicted octanol–water partition coefficient (Wildman–Crippen LogP) is 5.01. The Morgan fingerprint density at radius 1 is 0.980 bits per heavy atom. The van der Waals surface area contributed by atoms with Gasteiger partial charge in [-0.25, -0.2) is 23.5 Å². The molecule has 0 unspecified atom stereocenters. The molecule has 4 N–H and O–H groups in total. The molecule has 0 spiro atoms.